The highest BCUT2D eigenvalue weighted by Crippen LogP contribution is 2.29. The second-order valence-corrected chi connectivity index (χ2v) is 5.65. The zero-order valence-corrected chi connectivity index (χ0v) is 12.2. The molecular formula is C15H14N2O3S. The fourth-order valence-corrected chi connectivity index (χ4v) is 3.13. The summed E-state index contributed by atoms with van der Waals surface area (Å²) in [5.41, 5.74) is 1.04. The van der Waals surface area contributed by atoms with Gasteiger partial charge in [-0.2, -0.15) is 0 Å². The molecule has 0 spiro atoms. The predicted octanol–water partition coefficient (Wildman–Crippen LogP) is 2.66. The highest BCUT2D eigenvalue weighted by Gasteiger charge is 2.16. The van der Waals surface area contributed by atoms with Gasteiger partial charge in [0.15, 0.2) is 5.69 Å². The van der Waals surface area contributed by atoms with Gasteiger partial charge >= 0.3 is 0 Å². The van der Waals surface area contributed by atoms with E-state index in [9.17, 15) is 9.90 Å². The number of aliphatic hydroxyl groups excluding tert-OH is 1. The van der Waals surface area contributed by atoms with E-state index in [1.165, 1.54) is 0 Å². The highest BCUT2D eigenvalue weighted by molar-refractivity contribution is 7.17. The first-order chi connectivity index (χ1) is 10.1. The van der Waals surface area contributed by atoms with Gasteiger partial charge in [0.05, 0.1) is 6.10 Å². The largest absolute Gasteiger partial charge is 0.387 e. The van der Waals surface area contributed by atoms with Gasteiger partial charge in [0.2, 0.25) is 0 Å². The van der Waals surface area contributed by atoms with Crippen molar-refractivity contribution in [1.82, 2.24) is 10.5 Å². The van der Waals surface area contributed by atoms with Gasteiger partial charge in [-0.25, -0.2) is 0 Å². The third kappa shape index (κ3) is 2.81. The summed E-state index contributed by atoms with van der Waals surface area (Å²) in [6.45, 7) is 1.85. The van der Waals surface area contributed by atoms with E-state index in [1.54, 1.807) is 24.3 Å². The maximum atomic E-state index is 11.9. The molecule has 1 aromatic carbocycles. The molecule has 21 heavy (non-hydrogen) atoms. The molecule has 0 bridgehead atoms. The molecule has 2 heterocycles. The van der Waals surface area contributed by atoms with Gasteiger partial charge in [-0.3, -0.25) is 4.79 Å². The number of carbonyl (C=O) groups excluding carboxylic acids is 1. The number of nitrogens with one attached hydrogen (secondary N) is 1. The Bertz CT molecular complexity index is 778. The zero-order chi connectivity index (χ0) is 14.8. The van der Waals surface area contributed by atoms with Gasteiger partial charge < -0.3 is 14.9 Å². The van der Waals surface area contributed by atoms with Crippen LogP contribution in [-0.2, 0) is 0 Å². The smallest absolute Gasteiger partial charge is 0.273 e. The van der Waals surface area contributed by atoms with Crippen molar-refractivity contribution in [2.45, 2.75) is 13.0 Å². The number of hydrogen-bond donors (Lipinski definition) is 2. The number of aromatic nitrogens is 1. The molecule has 0 radical (unpaired) electrons. The number of benzene rings is 1. The maximum Gasteiger partial charge on any atom is 0.273 e. The minimum absolute atomic E-state index is 0.130. The third-order valence-corrected chi connectivity index (χ3v) is 4.17. The summed E-state index contributed by atoms with van der Waals surface area (Å²) in [5, 5.41) is 19.5. The summed E-state index contributed by atoms with van der Waals surface area (Å²) in [6, 6.07) is 9.42. The van der Waals surface area contributed by atoms with Crippen molar-refractivity contribution in [3.8, 4) is 0 Å². The molecule has 0 saturated heterocycles. The molecule has 3 aromatic rings. The maximum absolute atomic E-state index is 11.9. The molecule has 1 atom stereocenters. The number of carbonyl (C=O) groups is 1. The van der Waals surface area contributed by atoms with Crippen molar-refractivity contribution in [3.05, 3.63) is 52.7 Å². The quantitative estimate of drug-likeness (QED) is 0.777. The number of rotatable bonds is 4. The van der Waals surface area contributed by atoms with Crippen molar-refractivity contribution in [2.75, 3.05) is 6.54 Å². The summed E-state index contributed by atoms with van der Waals surface area (Å²) >= 11 is 1.58. The molecule has 0 aliphatic rings. The number of amides is 1. The summed E-state index contributed by atoms with van der Waals surface area (Å²) in [4.78, 5) is 11.9. The number of aryl methyl sites for hydroxylation is 1. The average molecular weight is 302 g/mol. The van der Waals surface area contributed by atoms with Crippen LogP contribution in [0.5, 0.6) is 0 Å². The van der Waals surface area contributed by atoms with Crippen LogP contribution in [0.4, 0.5) is 0 Å². The van der Waals surface area contributed by atoms with E-state index in [0.29, 0.717) is 5.76 Å². The lowest BCUT2D eigenvalue weighted by molar-refractivity contribution is 0.0908. The van der Waals surface area contributed by atoms with Gasteiger partial charge in [0.1, 0.15) is 5.76 Å². The van der Waals surface area contributed by atoms with Crippen LogP contribution in [0.1, 0.15) is 27.9 Å². The first-order valence-electron chi connectivity index (χ1n) is 6.51. The third-order valence-electron chi connectivity index (χ3n) is 3.19. The van der Waals surface area contributed by atoms with Crippen LogP contribution < -0.4 is 5.32 Å². The zero-order valence-electron chi connectivity index (χ0n) is 11.4. The van der Waals surface area contributed by atoms with Crippen molar-refractivity contribution in [1.29, 1.82) is 0 Å². The van der Waals surface area contributed by atoms with Crippen molar-refractivity contribution >= 4 is 27.3 Å². The highest BCUT2D eigenvalue weighted by atomic mass is 32.1. The Morgan fingerprint density at radius 2 is 2.29 bits per heavy atom. The van der Waals surface area contributed by atoms with E-state index in [-0.39, 0.29) is 18.1 Å². The second kappa shape index (κ2) is 5.67. The summed E-state index contributed by atoms with van der Waals surface area (Å²) in [6.07, 6.45) is -0.752. The van der Waals surface area contributed by atoms with E-state index in [0.717, 1.165) is 15.6 Å². The molecule has 0 saturated carbocycles. The molecule has 2 aromatic heterocycles. The van der Waals surface area contributed by atoms with Crippen LogP contribution in [0.3, 0.4) is 0 Å². The molecule has 3 rings (SSSR count). The van der Waals surface area contributed by atoms with Crippen LogP contribution in [0.2, 0.25) is 0 Å². The first kappa shape index (κ1) is 13.8. The Morgan fingerprint density at radius 3 is 3.05 bits per heavy atom. The van der Waals surface area contributed by atoms with Crippen LogP contribution in [0.25, 0.3) is 10.1 Å². The number of hydrogen-bond acceptors (Lipinski definition) is 5. The van der Waals surface area contributed by atoms with Gasteiger partial charge in [0.25, 0.3) is 5.91 Å². The molecule has 0 aliphatic carbocycles. The lowest BCUT2D eigenvalue weighted by Crippen LogP contribution is -2.28. The van der Waals surface area contributed by atoms with Crippen LogP contribution in [0.15, 0.2) is 40.2 Å². The number of nitrogens with zero attached hydrogens (tertiary/aromatic N) is 1. The van der Waals surface area contributed by atoms with Crippen molar-refractivity contribution in [2.24, 2.45) is 0 Å². The van der Waals surface area contributed by atoms with Crippen molar-refractivity contribution < 1.29 is 14.4 Å². The lowest BCUT2D eigenvalue weighted by Gasteiger charge is -2.10. The van der Waals surface area contributed by atoms with Crippen LogP contribution in [0, 0.1) is 6.92 Å². The minimum atomic E-state index is -0.752. The minimum Gasteiger partial charge on any atom is -0.387 e. The second-order valence-electron chi connectivity index (χ2n) is 4.74. The predicted molar refractivity (Wildman–Crippen MR) is 80.4 cm³/mol. The molecule has 6 heteroatoms. The van der Waals surface area contributed by atoms with E-state index in [2.05, 4.69) is 10.5 Å². The molecule has 1 amide bonds. The summed E-state index contributed by atoms with van der Waals surface area (Å²) in [7, 11) is 0. The Hall–Kier alpha value is -2.18. The average Bonchev–Trinajstić information content (AvgIpc) is 3.10. The molecule has 108 valence electrons. The molecule has 0 fully saturated rings. The Labute approximate surface area is 125 Å². The number of fused-ring (bicyclic) bond motifs is 1. The summed E-state index contributed by atoms with van der Waals surface area (Å²) in [5.74, 6) is 0.218. The van der Waals surface area contributed by atoms with Gasteiger partial charge in [0, 0.05) is 22.9 Å². The molecular weight excluding hydrogens is 288 g/mol. The van der Waals surface area contributed by atoms with Gasteiger partial charge in [-0.15, -0.1) is 11.3 Å². The fraction of sp³-hybridized carbons (Fsp3) is 0.200. The number of aliphatic hydroxyl groups is 1. The monoisotopic (exact) mass is 302 g/mol. The Balaban J connectivity index is 1.69. The molecule has 5 nitrogen and oxygen atoms in total. The van der Waals surface area contributed by atoms with Crippen LogP contribution >= 0.6 is 11.3 Å². The molecule has 0 aliphatic heterocycles. The molecule has 1 unspecified atom stereocenters. The van der Waals surface area contributed by atoms with Gasteiger partial charge in [-0.1, -0.05) is 23.4 Å². The van der Waals surface area contributed by atoms with E-state index >= 15 is 0 Å². The standard InChI is InChI=1S/C15H14N2O3S/c1-9-6-12(17-20-9)15(19)16-7-13(18)11-8-21-14-5-3-2-4-10(11)14/h2-6,8,13,18H,7H2,1H3,(H,16,19). The Morgan fingerprint density at radius 1 is 1.48 bits per heavy atom. The van der Waals surface area contributed by atoms with Crippen molar-refractivity contribution in [3.63, 3.8) is 0 Å². The summed E-state index contributed by atoms with van der Waals surface area (Å²) < 4.78 is 5.97. The van der Waals surface area contributed by atoms with Crippen LogP contribution in [-0.4, -0.2) is 22.7 Å². The first-order valence-corrected chi connectivity index (χ1v) is 7.39. The lowest BCUT2D eigenvalue weighted by atomic mass is 10.1. The van der Waals surface area contributed by atoms with Gasteiger partial charge in [-0.05, 0) is 23.8 Å². The van der Waals surface area contributed by atoms with E-state index < -0.39 is 6.10 Å². The fourth-order valence-electron chi connectivity index (χ4n) is 2.12. The van der Waals surface area contributed by atoms with E-state index in [1.807, 2.05) is 29.6 Å². The number of thiophene rings is 1. The topological polar surface area (TPSA) is 75.4 Å². The SMILES string of the molecule is Cc1cc(C(=O)NCC(O)c2csc3ccccc23)no1. The molecule has 2 N–H and O–H groups in total. The normalized spacial score (nSPS) is 12.5. The Kier molecular flexibility index (Phi) is 3.72. The van der Waals surface area contributed by atoms with E-state index in [4.69, 9.17) is 4.52 Å².